The maximum Gasteiger partial charge on any atom is 0.326 e. The molecule has 0 aromatic rings. The molecule has 2 aliphatic heterocycles. The molecule has 1 atom stereocenters. The fraction of sp³-hybridized carbons (Fsp3) is 0.706. The molecular formula is C17H27N3O5. The molecule has 2 aliphatic rings. The number of nitrogens with zero attached hydrogens (tertiary/aromatic N) is 3. The van der Waals surface area contributed by atoms with Gasteiger partial charge in [-0.1, -0.05) is 20.4 Å². The zero-order valence-electron chi connectivity index (χ0n) is 15.1. The molecule has 0 aliphatic carbocycles. The normalized spacial score (nSPS) is 20.6. The molecule has 0 saturated carbocycles. The van der Waals surface area contributed by atoms with Crippen LogP contribution in [0.2, 0.25) is 0 Å². The van der Waals surface area contributed by atoms with E-state index < -0.39 is 17.6 Å². The average Bonchev–Trinajstić information content (AvgIpc) is 2.97. The number of likely N-dealkylation sites (tertiary alicyclic amines) is 1. The van der Waals surface area contributed by atoms with Crippen molar-refractivity contribution in [1.29, 1.82) is 0 Å². The number of likely N-dealkylation sites (N-methyl/N-ethyl adjacent to an activating group) is 1. The van der Waals surface area contributed by atoms with Crippen LogP contribution in [0.1, 0.15) is 26.7 Å². The van der Waals surface area contributed by atoms with Crippen molar-refractivity contribution in [3.05, 3.63) is 12.7 Å². The predicted octanol–water partition coefficient (Wildman–Crippen LogP) is 0.984. The minimum absolute atomic E-state index is 0.156. The van der Waals surface area contributed by atoms with Gasteiger partial charge in [0, 0.05) is 20.1 Å². The van der Waals surface area contributed by atoms with Crippen LogP contribution in [0.15, 0.2) is 12.7 Å². The summed E-state index contributed by atoms with van der Waals surface area (Å²) in [5, 5.41) is 9.36. The van der Waals surface area contributed by atoms with Crippen molar-refractivity contribution in [2.75, 3.05) is 33.4 Å². The highest BCUT2D eigenvalue weighted by atomic mass is 16.5. The monoisotopic (exact) mass is 353 g/mol. The van der Waals surface area contributed by atoms with E-state index in [1.807, 2.05) is 0 Å². The summed E-state index contributed by atoms with van der Waals surface area (Å²) in [6, 6.07) is -1.14. The van der Waals surface area contributed by atoms with Gasteiger partial charge in [-0.05, 0) is 24.8 Å². The second kappa shape index (κ2) is 7.43. The summed E-state index contributed by atoms with van der Waals surface area (Å²) in [5.74, 6) is -1.34. The standard InChI is InChI=1S/C17H27N3O5/c1-5-13(21)20-10-17(25-11-20)6-8-19(9-7-17)16(24)18(4)14(12(2)3)15(22)23/h5,12,14H,1,6-11H2,2-4H3,(H,22,23)/t14-/m0/s1. The lowest BCUT2D eigenvalue weighted by atomic mass is 9.91. The lowest BCUT2D eigenvalue weighted by Gasteiger charge is -2.40. The quantitative estimate of drug-likeness (QED) is 0.761. The summed E-state index contributed by atoms with van der Waals surface area (Å²) in [6.07, 6.45) is 2.51. The summed E-state index contributed by atoms with van der Waals surface area (Å²) in [5.41, 5.74) is -0.418. The second-order valence-corrected chi connectivity index (χ2v) is 7.10. The van der Waals surface area contributed by atoms with Crippen molar-refractivity contribution >= 4 is 17.9 Å². The molecule has 0 radical (unpaired) electrons. The molecule has 2 rings (SSSR count). The lowest BCUT2D eigenvalue weighted by Crippen LogP contribution is -2.55. The van der Waals surface area contributed by atoms with Crippen molar-refractivity contribution in [3.8, 4) is 0 Å². The van der Waals surface area contributed by atoms with Gasteiger partial charge in [-0.25, -0.2) is 9.59 Å². The molecule has 8 nitrogen and oxygen atoms in total. The highest BCUT2D eigenvalue weighted by molar-refractivity contribution is 5.87. The third-order valence-corrected chi connectivity index (χ3v) is 5.04. The Hall–Kier alpha value is -2.09. The number of carbonyl (C=O) groups is 3. The number of rotatable bonds is 4. The van der Waals surface area contributed by atoms with E-state index in [4.69, 9.17) is 4.74 Å². The fourth-order valence-electron chi connectivity index (χ4n) is 3.57. The molecule has 0 aromatic heterocycles. The summed E-state index contributed by atoms with van der Waals surface area (Å²) >= 11 is 0. The molecule has 2 heterocycles. The van der Waals surface area contributed by atoms with Crippen LogP contribution in [0.4, 0.5) is 4.79 Å². The molecule has 140 valence electrons. The van der Waals surface area contributed by atoms with Gasteiger partial charge in [-0.15, -0.1) is 0 Å². The van der Waals surface area contributed by atoms with Gasteiger partial charge < -0.3 is 24.5 Å². The van der Waals surface area contributed by atoms with Crippen molar-refractivity contribution in [2.24, 2.45) is 5.92 Å². The van der Waals surface area contributed by atoms with E-state index in [1.54, 1.807) is 23.6 Å². The average molecular weight is 353 g/mol. The lowest BCUT2D eigenvalue weighted by molar-refractivity contribution is -0.143. The number of carbonyl (C=O) groups excluding carboxylic acids is 2. The summed E-state index contributed by atoms with van der Waals surface area (Å²) in [6.45, 7) is 8.75. The third kappa shape index (κ3) is 3.95. The van der Waals surface area contributed by atoms with Gasteiger partial charge in [0.2, 0.25) is 5.91 Å². The number of piperidine rings is 1. The maximum atomic E-state index is 12.6. The molecule has 0 aromatic carbocycles. The molecule has 0 unspecified atom stereocenters. The van der Waals surface area contributed by atoms with Gasteiger partial charge in [-0.3, -0.25) is 4.79 Å². The summed E-state index contributed by atoms with van der Waals surface area (Å²) in [4.78, 5) is 40.3. The van der Waals surface area contributed by atoms with E-state index in [9.17, 15) is 19.5 Å². The number of carboxylic acid groups (broad SMARTS) is 1. The Morgan fingerprint density at radius 3 is 2.32 bits per heavy atom. The van der Waals surface area contributed by atoms with Crippen LogP contribution in [-0.4, -0.2) is 82.8 Å². The van der Waals surface area contributed by atoms with E-state index in [-0.39, 0.29) is 24.6 Å². The minimum Gasteiger partial charge on any atom is -0.480 e. The van der Waals surface area contributed by atoms with Crippen LogP contribution in [0, 0.1) is 5.92 Å². The first-order chi connectivity index (χ1) is 11.7. The first-order valence-corrected chi connectivity index (χ1v) is 8.50. The number of urea groups is 1. The highest BCUT2D eigenvalue weighted by Crippen LogP contribution is 2.32. The molecule has 3 amide bonds. The SMILES string of the molecule is C=CC(=O)N1COC2(CCN(C(=O)N(C)[C@H](C(=O)O)C(C)C)CC2)C1. The van der Waals surface area contributed by atoms with Crippen LogP contribution < -0.4 is 0 Å². The van der Waals surface area contributed by atoms with E-state index in [0.717, 1.165) is 0 Å². The Morgan fingerprint density at radius 1 is 1.24 bits per heavy atom. The molecule has 2 saturated heterocycles. The molecule has 25 heavy (non-hydrogen) atoms. The fourth-order valence-corrected chi connectivity index (χ4v) is 3.57. The Labute approximate surface area is 148 Å². The largest absolute Gasteiger partial charge is 0.480 e. The van der Waals surface area contributed by atoms with Gasteiger partial charge >= 0.3 is 12.0 Å². The van der Waals surface area contributed by atoms with E-state index >= 15 is 0 Å². The van der Waals surface area contributed by atoms with Crippen LogP contribution in [0.5, 0.6) is 0 Å². The first-order valence-electron chi connectivity index (χ1n) is 8.50. The first kappa shape index (κ1) is 19.2. The van der Waals surface area contributed by atoms with Crippen LogP contribution in [-0.2, 0) is 14.3 Å². The van der Waals surface area contributed by atoms with Crippen LogP contribution in [0.25, 0.3) is 0 Å². The van der Waals surface area contributed by atoms with Gasteiger partial charge in [0.15, 0.2) is 0 Å². The van der Waals surface area contributed by atoms with Gasteiger partial charge in [-0.2, -0.15) is 0 Å². The summed E-state index contributed by atoms with van der Waals surface area (Å²) in [7, 11) is 1.53. The van der Waals surface area contributed by atoms with Crippen molar-refractivity contribution in [1.82, 2.24) is 14.7 Å². The second-order valence-electron chi connectivity index (χ2n) is 7.10. The topological polar surface area (TPSA) is 90.4 Å². The van der Waals surface area contributed by atoms with Crippen molar-refractivity contribution < 1.29 is 24.2 Å². The number of carboxylic acids is 1. The molecule has 0 bridgehead atoms. The summed E-state index contributed by atoms with van der Waals surface area (Å²) < 4.78 is 5.84. The van der Waals surface area contributed by atoms with Crippen LogP contribution in [0.3, 0.4) is 0 Å². The van der Waals surface area contributed by atoms with E-state index in [1.165, 1.54) is 18.0 Å². The molecule has 2 fully saturated rings. The van der Waals surface area contributed by atoms with Crippen molar-refractivity contribution in [3.63, 3.8) is 0 Å². The maximum absolute atomic E-state index is 12.6. The molecule has 8 heteroatoms. The van der Waals surface area contributed by atoms with E-state index in [0.29, 0.717) is 32.5 Å². The Kier molecular flexibility index (Phi) is 5.72. The van der Waals surface area contributed by atoms with E-state index in [2.05, 4.69) is 6.58 Å². The van der Waals surface area contributed by atoms with Crippen molar-refractivity contribution in [2.45, 2.75) is 38.3 Å². The van der Waals surface area contributed by atoms with Gasteiger partial charge in [0.1, 0.15) is 12.8 Å². The highest BCUT2D eigenvalue weighted by Gasteiger charge is 2.44. The Morgan fingerprint density at radius 2 is 1.84 bits per heavy atom. The minimum atomic E-state index is -1.00. The number of amides is 3. The molecular weight excluding hydrogens is 326 g/mol. The Bertz CT molecular complexity index is 554. The zero-order chi connectivity index (χ0) is 18.8. The van der Waals surface area contributed by atoms with Crippen LogP contribution >= 0.6 is 0 Å². The number of hydrogen-bond donors (Lipinski definition) is 1. The number of hydrogen-bond acceptors (Lipinski definition) is 4. The molecule has 1 N–H and O–H groups in total. The third-order valence-electron chi connectivity index (χ3n) is 5.04. The molecule has 1 spiro atoms. The van der Waals surface area contributed by atoms with Gasteiger partial charge in [0.05, 0.1) is 12.1 Å². The predicted molar refractivity (Wildman–Crippen MR) is 90.8 cm³/mol. The number of aliphatic carboxylic acids is 1. The number of ether oxygens (including phenoxy) is 1. The zero-order valence-corrected chi connectivity index (χ0v) is 15.1. The smallest absolute Gasteiger partial charge is 0.326 e. The Balaban J connectivity index is 1.95. The van der Waals surface area contributed by atoms with Gasteiger partial charge in [0.25, 0.3) is 0 Å².